The first kappa shape index (κ1) is 13.1. The average molecular weight is 270 g/mol. The Kier molecular flexibility index (Phi) is 3.73. The first-order valence-electron chi connectivity index (χ1n) is 5.91. The van der Waals surface area contributed by atoms with Crippen molar-refractivity contribution in [3.8, 4) is 0 Å². The van der Waals surface area contributed by atoms with Crippen LogP contribution in [0.2, 0.25) is 0 Å². The standard InChI is InChI=1S/C12H15N3O2.ClH/c13-11-3-1-2-8(14-11)12(16)15-9-6-7-4-5-10(9)17-7;/h1-3,7,9-10H,4-6H2,(H2,13,14)(H,15,16);1H. The molecule has 2 aliphatic rings. The fourth-order valence-electron chi connectivity index (χ4n) is 2.61. The number of carbonyl (C=O) groups excluding carboxylic acids is 1. The smallest absolute Gasteiger partial charge is 0.270 e. The van der Waals surface area contributed by atoms with E-state index in [0.29, 0.717) is 17.6 Å². The molecule has 1 aromatic rings. The zero-order valence-electron chi connectivity index (χ0n) is 9.83. The number of nitrogen functional groups attached to an aromatic ring is 1. The van der Waals surface area contributed by atoms with Crippen molar-refractivity contribution < 1.29 is 9.53 Å². The minimum Gasteiger partial charge on any atom is -0.384 e. The lowest BCUT2D eigenvalue weighted by Gasteiger charge is -2.19. The molecule has 2 fully saturated rings. The van der Waals surface area contributed by atoms with Gasteiger partial charge < -0.3 is 15.8 Å². The molecular weight excluding hydrogens is 254 g/mol. The number of nitrogens with two attached hydrogens (primary N) is 1. The largest absolute Gasteiger partial charge is 0.384 e. The van der Waals surface area contributed by atoms with E-state index in [0.717, 1.165) is 19.3 Å². The summed E-state index contributed by atoms with van der Waals surface area (Å²) in [4.78, 5) is 15.9. The molecule has 3 rings (SSSR count). The number of pyridine rings is 1. The van der Waals surface area contributed by atoms with Gasteiger partial charge in [0.15, 0.2) is 0 Å². The Bertz CT molecular complexity index is 455. The van der Waals surface area contributed by atoms with Gasteiger partial charge in [-0.05, 0) is 31.4 Å². The number of rotatable bonds is 2. The van der Waals surface area contributed by atoms with E-state index in [2.05, 4.69) is 10.3 Å². The maximum atomic E-state index is 11.9. The number of aromatic nitrogens is 1. The van der Waals surface area contributed by atoms with Crippen molar-refractivity contribution in [3.05, 3.63) is 23.9 Å². The second-order valence-electron chi connectivity index (χ2n) is 4.64. The van der Waals surface area contributed by atoms with Crippen molar-refractivity contribution >= 4 is 24.1 Å². The predicted octanol–water partition coefficient (Wildman–Crippen LogP) is 1.14. The minimum atomic E-state index is -0.168. The fraction of sp³-hybridized carbons (Fsp3) is 0.500. The second-order valence-corrected chi connectivity index (χ2v) is 4.64. The summed E-state index contributed by atoms with van der Waals surface area (Å²) < 4.78 is 5.69. The van der Waals surface area contributed by atoms with Crippen LogP contribution in [-0.4, -0.2) is 29.1 Å². The van der Waals surface area contributed by atoms with Gasteiger partial charge in [0.1, 0.15) is 11.5 Å². The molecule has 1 aromatic heterocycles. The monoisotopic (exact) mass is 269 g/mol. The third-order valence-electron chi connectivity index (χ3n) is 3.43. The van der Waals surface area contributed by atoms with Gasteiger partial charge in [0.2, 0.25) is 0 Å². The van der Waals surface area contributed by atoms with Crippen molar-refractivity contribution in [2.24, 2.45) is 0 Å². The van der Waals surface area contributed by atoms with Crippen molar-refractivity contribution in [2.75, 3.05) is 5.73 Å². The molecule has 0 spiro atoms. The lowest BCUT2D eigenvalue weighted by Crippen LogP contribution is -2.41. The molecule has 2 bridgehead atoms. The first-order valence-corrected chi connectivity index (χ1v) is 5.91. The van der Waals surface area contributed by atoms with Crippen LogP contribution in [0.3, 0.4) is 0 Å². The number of carbonyl (C=O) groups is 1. The van der Waals surface area contributed by atoms with Gasteiger partial charge in [-0.25, -0.2) is 4.98 Å². The predicted molar refractivity (Wildman–Crippen MR) is 69.7 cm³/mol. The van der Waals surface area contributed by atoms with Crippen LogP contribution in [0.5, 0.6) is 0 Å². The molecule has 5 nitrogen and oxygen atoms in total. The maximum Gasteiger partial charge on any atom is 0.270 e. The quantitative estimate of drug-likeness (QED) is 0.844. The van der Waals surface area contributed by atoms with E-state index < -0.39 is 0 Å². The van der Waals surface area contributed by atoms with Crippen molar-refractivity contribution in [2.45, 2.75) is 37.5 Å². The van der Waals surface area contributed by atoms with E-state index >= 15 is 0 Å². The van der Waals surface area contributed by atoms with E-state index in [1.807, 2.05) is 0 Å². The lowest BCUT2D eigenvalue weighted by atomic mass is 9.95. The number of ether oxygens (including phenoxy) is 1. The van der Waals surface area contributed by atoms with E-state index in [9.17, 15) is 4.79 Å². The third-order valence-corrected chi connectivity index (χ3v) is 3.43. The number of hydrogen-bond donors (Lipinski definition) is 2. The summed E-state index contributed by atoms with van der Waals surface area (Å²) in [5.74, 6) is 0.195. The summed E-state index contributed by atoms with van der Waals surface area (Å²) in [6, 6.07) is 5.19. The first-order chi connectivity index (χ1) is 8.22. The molecule has 0 radical (unpaired) electrons. The number of nitrogens with one attached hydrogen (secondary N) is 1. The number of hydrogen-bond acceptors (Lipinski definition) is 4. The molecule has 3 atom stereocenters. The molecule has 1 amide bonds. The van der Waals surface area contributed by atoms with Gasteiger partial charge in [0, 0.05) is 0 Å². The summed E-state index contributed by atoms with van der Waals surface area (Å²) in [6.07, 6.45) is 3.59. The minimum absolute atomic E-state index is 0. The molecule has 0 saturated carbocycles. The Morgan fingerprint density at radius 2 is 2.28 bits per heavy atom. The Labute approximate surface area is 112 Å². The van der Waals surface area contributed by atoms with Gasteiger partial charge in [-0.1, -0.05) is 6.07 Å². The summed E-state index contributed by atoms with van der Waals surface area (Å²) >= 11 is 0. The number of amides is 1. The van der Waals surface area contributed by atoms with Crippen LogP contribution < -0.4 is 11.1 Å². The molecule has 6 heteroatoms. The average Bonchev–Trinajstić information content (AvgIpc) is 2.91. The number of nitrogens with zero attached hydrogens (tertiary/aromatic N) is 1. The summed E-state index contributed by atoms with van der Waals surface area (Å²) in [5.41, 5.74) is 5.92. The van der Waals surface area contributed by atoms with Crippen LogP contribution in [0, 0.1) is 0 Å². The van der Waals surface area contributed by atoms with Crippen LogP contribution in [0.4, 0.5) is 5.82 Å². The van der Waals surface area contributed by atoms with Crippen molar-refractivity contribution in [1.29, 1.82) is 0 Å². The zero-order valence-corrected chi connectivity index (χ0v) is 10.7. The van der Waals surface area contributed by atoms with Gasteiger partial charge in [0.25, 0.3) is 5.91 Å². The van der Waals surface area contributed by atoms with Crippen LogP contribution in [0.1, 0.15) is 29.8 Å². The third kappa shape index (κ3) is 2.42. The Morgan fingerprint density at radius 1 is 1.44 bits per heavy atom. The number of fused-ring (bicyclic) bond motifs is 2. The van der Waals surface area contributed by atoms with Crippen LogP contribution in [0.25, 0.3) is 0 Å². The van der Waals surface area contributed by atoms with Gasteiger partial charge >= 0.3 is 0 Å². The van der Waals surface area contributed by atoms with Gasteiger partial charge in [-0.15, -0.1) is 12.4 Å². The zero-order chi connectivity index (χ0) is 11.8. The molecular formula is C12H16ClN3O2. The van der Waals surface area contributed by atoms with E-state index in [4.69, 9.17) is 10.5 Å². The van der Waals surface area contributed by atoms with Crippen molar-refractivity contribution in [1.82, 2.24) is 10.3 Å². The van der Waals surface area contributed by atoms with Crippen LogP contribution >= 0.6 is 12.4 Å². The van der Waals surface area contributed by atoms with Crippen LogP contribution in [0.15, 0.2) is 18.2 Å². The molecule has 0 aromatic carbocycles. The summed E-state index contributed by atoms with van der Waals surface area (Å²) in [5, 5.41) is 2.97. The SMILES string of the molecule is Cl.Nc1cccc(C(=O)NC2CC3CCC2O3)n1. The highest BCUT2D eigenvalue weighted by atomic mass is 35.5. The van der Waals surface area contributed by atoms with Gasteiger partial charge in [-0.3, -0.25) is 4.79 Å². The summed E-state index contributed by atoms with van der Waals surface area (Å²) in [6.45, 7) is 0. The lowest BCUT2D eigenvalue weighted by molar-refractivity contribution is 0.0837. The van der Waals surface area contributed by atoms with Gasteiger partial charge in [-0.2, -0.15) is 0 Å². The van der Waals surface area contributed by atoms with Gasteiger partial charge in [0.05, 0.1) is 18.2 Å². The highest BCUT2D eigenvalue weighted by Crippen LogP contribution is 2.34. The molecule has 98 valence electrons. The highest BCUT2D eigenvalue weighted by molar-refractivity contribution is 5.92. The summed E-state index contributed by atoms with van der Waals surface area (Å²) in [7, 11) is 0. The fourth-order valence-corrected chi connectivity index (χ4v) is 2.61. The Balaban J connectivity index is 0.00000120. The number of halogens is 1. The molecule has 3 N–H and O–H groups in total. The molecule has 3 heterocycles. The van der Waals surface area contributed by atoms with Crippen molar-refractivity contribution in [3.63, 3.8) is 0 Å². The maximum absolute atomic E-state index is 11.9. The Hall–Kier alpha value is -1.33. The van der Waals surface area contributed by atoms with E-state index in [1.165, 1.54) is 0 Å². The second kappa shape index (κ2) is 5.12. The molecule has 2 saturated heterocycles. The normalized spacial score (nSPS) is 28.8. The number of anilines is 1. The molecule has 18 heavy (non-hydrogen) atoms. The molecule has 0 aliphatic carbocycles. The van der Waals surface area contributed by atoms with Crippen LogP contribution in [-0.2, 0) is 4.74 Å². The van der Waals surface area contributed by atoms with E-state index in [1.54, 1.807) is 18.2 Å². The van der Waals surface area contributed by atoms with E-state index in [-0.39, 0.29) is 30.5 Å². The molecule has 3 unspecified atom stereocenters. The highest BCUT2D eigenvalue weighted by Gasteiger charge is 2.41. The topological polar surface area (TPSA) is 77.2 Å². The Morgan fingerprint density at radius 3 is 2.89 bits per heavy atom. The molecule has 2 aliphatic heterocycles.